The van der Waals surface area contributed by atoms with Gasteiger partial charge in [0.25, 0.3) is 0 Å². The summed E-state index contributed by atoms with van der Waals surface area (Å²) in [7, 11) is 0. The topological polar surface area (TPSA) is 66.4 Å². The van der Waals surface area contributed by atoms with E-state index < -0.39 is 5.60 Å². The number of rotatable bonds is 11. The van der Waals surface area contributed by atoms with Crippen LogP contribution in [0.5, 0.6) is 0 Å². The third-order valence-electron chi connectivity index (χ3n) is 11.5. The van der Waals surface area contributed by atoms with Crippen LogP contribution in [0, 0.1) is 34.5 Å². The summed E-state index contributed by atoms with van der Waals surface area (Å²) >= 11 is 0. The number of ketones is 1. The third-order valence-corrected chi connectivity index (χ3v) is 11.5. The fourth-order valence-electron chi connectivity index (χ4n) is 8.96. The summed E-state index contributed by atoms with van der Waals surface area (Å²) in [5.41, 5.74) is 1.14. The van der Waals surface area contributed by atoms with E-state index in [1.165, 1.54) is 50.5 Å². The summed E-state index contributed by atoms with van der Waals surface area (Å²) in [4.78, 5) is 24.1. The Balaban J connectivity index is 1.34. The van der Waals surface area contributed by atoms with Crippen molar-refractivity contribution in [2.75, 3.05) is 6.54 Å². The van der Waals surface area contributed by atoms with Gasteiger partial charge in [-0.05, 0) is 105 Å². The molecule has 0 heterocycles. The van der Waals surface area contributed by atoms with Gasteiger partial charge in [-0.25, -0.2) is 0 Å². The van der Waals surface area contributed by atoms with Crippen molar-refractivity contribution in [3.05, 3.63) is 11.6 Å². The van der Waals surface area contributed by atoms with Crippen molar-refractivity contribution in [3.63, 3.8) is 0 Å². The van der Waals surface area contributed by atoms with E-state index in [-0.39, 0.29) is 16.7 Å². The van der Waals surface area contributed by atoms with E-state index in [1.807, 2.05) is 6.08 Å². The maximum absolute atomic E-state index is 12.4. The number of aliphatic hydroxyl groups is 1. The van der Waals surface area contributed by atoms with Crippen molar-refractivity contribution in [1.82, 2.24) is 5.32 Å². The predicted octanol–water partition coefficient (Wildman–Crippen LogP) is 7.14. The number of carbonyl (C=O) groups excluding carboxylic acids is 2. The molecule has 4 heteroatoms. The standard InChI is InChI=1S/C32H53NO3/c1-5-6-13-28(35)33-20-11-9-7-8-10-12-23-21-24-22-25(34)14-17-30(24,2)26-15-18-31(3)27(29(23)26)16-19-32(31,4)36/h22-23,26-27,29,36H,5-21H2,1-4H3,(H,33,35)/t23-,26+,27+,29-,30+,31+,32+/m1/s1. The lowest BCUT2D eigenvalue weighted by molar-refractivity contribution is -0.135. The summed E-state index contributed by atoms with van der Waals surface area (Å²) in [6, 6.07) is 0. The molecule has 0 radical (unpaired) electrons. The molecule has 0 unspecified atom stereocenters. The maximum Gasteiger partial charge on any atom is 0.219 e. The molecular weight excluding hydrogens is 446 g/mol. The Morgan fingerprint density at radius 1 is 1.00 bits per heavy atom. The Labute approximate surface area is 220 Å². The Morgan fingerprint density at radius 3 is 2.50 bits per heavy atom. The molecule has 0 aliphatic heterocycles. The number of unbranched alkanes of at least 4 members (excludes halogenated alkanes) is 5. The van der Waals surface area contributed by atoms with E-state index in [0.29, 0.717) is 42.3 Å². The monoisotopic (exact) mass is 499 g/mol. The zero-order valence-corrected chi connectivity index (χ0v) is 23.7. The molecule has 4 aliphatic rings. The van der Waals surface area contributed by atoms with E-state index in [2.05, 4.69) is 33.0 Å². The van der Waals surface area contributed by atoms with Gasteiger partial charge in [-0.2, -0.15) is 0 Å². The second-order valence-corrected chi connectivity index (χ2v) is 13.6. The summed E-state index contributed by atoms with van der Waals surface area (Å²) in [5, 5.41) is 14.4. The van der Waals surface area contributed by atoms with Gasteiger partial charge in [0.15, 0.2) is 5.78 Å². The molecule has 4 aliphatic carbocycles. The molecule has 0 spiro atoms. The van der Waals surface area contributed by atoms with E-state index in [1.54, 1.807) is 0 Å². The van der Waals surface area contributed by atoms with Crippen LogP contribution < -0.4 is 5.32 Å². The van der Waals surface area contributed by atoms with Crippen molar-refractivity contribution in [2.24, 2.45) is 34.5 Å². The highest BCUT2D eigenvalue weighted by atomic mass is 16.3. The highest BCUT2D eigenvalue weighted by molar-refractivity contribution is 5.91. The number of allylic oxidation sites excluding steroid dienone is 1. The smallest absolute Gasteiger partial charge is 0.219 e. The molecule has 2 N–H and O–H groups in total. The summed E-state index contributed by atoms with van der Waals surface area (Å²) < 4.78 is 0. The van der Waals surface area contributed by atoms with Crippen LogP contribution in [-0.2, 0) is 9.59 Å². The fourth-order valence-corrected chi connectivity index (χ4v) is 8.96. The van der Waals surface area contributed by atoms with Crippen molar-refractivity contribution in [1.29, 1.82) is 0 Å². The average molecular weight is 500 g/mol. The van der Waals surface area contributed by atoms with Gasteiger partial charge in [0, 0.05) is 19.4 Å². The van der Waals surface area contributed by atoms with Crippen LogP contribution in [0.25, 0.3) is 0 Å². The SMILES string of the molecule is CCCCC(=O)NCCCCCCC[C@@H]1CC2=CC(=O)CC[C@]2(C)[C@H]2CC[C@@]3(C)[C@@H](CC[C@]3(C)O)[C@H]12. The first kappa shape index (κ1) is 27.9. The summed E-state index contributed by atoms with van der Waals surface area (Å²) in [6.07, 6.45) is 19.3. The second kappa shape index (κ2) is 11.3. The molecule has 3 saturated carbocycles. The second-order valence-electron chi connectivity index (χ2n) is 13.6. The Kier molecular flexibility index (Phi) is 8.74. The lowest BCUT2D eigenvalue weighted by atomic mass is 9.44. The minimum absolute atomic E-state index is 0.0377. The molecule has 7 atom stereocenters. The predicted molar refractivity (Wildman–Crippen MR) is 146 cm³/mol. The zero-order valence-electron chi connectivity index (χ0n) is 23.7. The molecule has 0 aromatic heterocycles. The molecule has 0 saturated heterocycles. The highest BCUT2D eigenvalue weighted by Crippen LogP contribution is 2.69. The van der Waals surface area contributed by atoms with Crippen molar-refractivity contribution >= 4 is 11.7 Å². The fraction of sp³-hybridized carbons (Fsp3) is 0.875. The van der Waals surface area contributed by atoms with Gasteiger partial charge in [-0.15, -0.1) is 0 Å². The Morgan fingerprint density at radius 2 is 1.72 bits per heavy atom. The van der Waals surface area contributed by atoms with Crippen LogP contribution in [0.1, 0.15) is 130 Å². The van der Waals surface area contributed by atoms with Crippen LogP contribution in [0.15, 0.2) is 11.6 Å². The first-order valence-corrected chi connectivity index (χ1v) is 15.4. The number of carbonyl (C=O) groups is 2. The quantitative estimate of drug-likeness (QED) is 0.297. The number of nitrogens with one attached hydrogen (secondary N) is 1. The minimum Gasteiger partial charge on any atom is -0.390 e. The molecule has 1 amide bonds. The van der Waals surface area contributed by atoms with Gasteiger partial charge in [0.2, 0.25) is 5.91 Å². The van der Waals surface area contributed by atoms with Gasteiger partial charge in [-0.3, -0.25) is 9.59 Å². The molecule has 204 valence electrons. The lowest BCUT2D eigenvalue weighted by Crippen LogP contribution is -2.56. The largest absolute Gasteiger partial charge is 0.390 e. The van der Waals surface area contributed by atoms with E-state index in [0.717, 1.165) is 51.5 Å². The molecule has 0 bridgehead atoms. The van der Waals surface area contributed by atoms with Crippen molar-refractivity contribution in [3.8, 4) is 0 Å². The van der Waals surface area contributed by atoms with Gasteiger partial charge >= 0.3 is 0 Å². The van der Waals surface area contributed by atoms with Crippen molar-refractivity contribution < 1.29 is 14.7 Å². The number of hydrogen-bond acceptors (Lipinski definition) is 3. The van der Waals surface area contributed by atoms with Gasteiger partial charge in [-0.1, -0.05) is 58.4 Å². The molecule has 4 nitrogen and oxygen atoms in total. The van der Waals surface area contributed by atoms with Gasteiger partial charge < -0.3 is 10.4 Å². The Hall–Kier alpha value is -1.16. The van der Waals surface area contributed by atoms with Crippen LogP contribution in [0.3, 0.4) is 0 Å². The first-order chi connectivity index (χ1) is 17.1. The maximum atomic E-state index is 12.4. The van der Waals surface area contributed by atoms with Crippen LogP contribution in [0.2, 0.25) is 0 Å². The van der Waals surface area contributed by atoms with E-state index >= 15 is 0 Å². The zero-order chi connectivity index (χ0) is 26.0. The first-order valence-electron chi connectivity index (χ1n) is 15.4. The molecular formula is C32H53NO3. The lowest BCUT2D eigenvalue weighted by Gasteiger charge is -2.61. The number of fused-ring (bicyclic) bond motifs is 5. The number of amides is 1. The minimum atomic E-state index is -0.543. The van der Waals surface area contributed by atoms with E-state index in [9.17, 15) is 14.7 Å². The van der Waals surface area contributed by atoms with Crippen LogP contribution in [0.4, 0.5) is 0 Å². The van der Waals surface area contributed by atoms with Crippen LogP contribution in [-0.4, -0.2) is 28.9 Å². The molecule has 36 heavy (non-hydrogen) atoms. The van der Waals surface area contributed by atoms with Gasteiger partial charge in [0.1, 0.15) is 0 Å². The molecule has 3 fully saturated rings. The normalized spacial score (nSPS) is 39.7. The van der Waals surface area contributed by atoms with Crippen molar-refractivity contribution in [2.45, 2.75) is 136 Å². The average Bonchev–Trinajstić information content (AvgIpc) is 3.08. The van der Waals surface area contributed by atoms with E-state index in [4.69, 9.17) is 0 Å². The molecule has 0 aromatic rings. The molecule has 4 rings (SSSR count). The Bertz CT molecular complexity index is 831. The van der Waals surface area contributed by atoms with Crippen LogP contribution >= 0.6 is 0 Å². The summed E-state index contributed by atoms with van der Waals surface area (Å²) in [5.74, 6) is 3.16. The number of hydrogen-bond donors (Lipinski definition) is 2. The third kappa shape index (κ3) is 5.36. The van der Waals surface area contributed by atoms with Gasteiger partial charge in [0.05, 0.1) is 5.60 Å². The highest BCUT2D eigenvalue weighted by Gasteiger charge is 2.64. The molecule has 0 aromatic carbocycles. The summed E-state index contributed by atoms with van der Waals surface area (Å²) in [6.45, 7) is 9.89.